The van der Waals surface area contributed by atoms with Gasteiger partial charge in [0.25, 0.3) is 0 Å². The van der Waals surface area contributed by atoms with Crippen LogP contribution in [-0.4, -0.2) is 54.6 Å². The fourth-order valence-corrected chi connectivity index (χ4v) is 3.73. The van der Waals surface area contributed by atoms with Gasteiger partial charge in [0.05, 0.1) is 18.4 Å². The number of nitrogen functional groups attached to an aromatic ring is 1. The van der Waals surface area contributed by atoms with Gasteiger partial charge in [-0.3, -0.25) is 4.68 Å². The number of rotatable bonds is 6. The summed E-state index contributed by atoms with van der Waals surface area (Å²) in [6.07, 6.45) is 3.36. The molecule has 2 rings (SSSR count). The number of nitrogens with zero attached hydrogens (tertiary/aromatic N) is 3. The van der Waals surface area contributed by atoms with E-state index in [1.165, 1.54) is 0 Å². The summed E-state index contributed by atoms with van der Waals surface area (Å²) in [4.78, 5) is 0. The number of ether oxygens (including phenoxy) is 1. The van der Waals surface area contributed by atoms with Crippen LogP contribution in [0.5, 0.6) is 0 Å². The first-order valence-corrected chi connectivity index (χ1v) is 8.50. The van der Waals surface area contributed by atoms with Crippen molar-refractivity contribution in [1.82, 2.24) is 14.1 Å². The molecule has 0 atom stereocenters. The Morgan fingerprint density at radius 3 is 2.70 bits per heavy atom. The second kappa shape index (κ2) is 6.55. The lowest BCUT2D eigenvalue weighted by Gasteiger charge is -2.31. The lowest BCUT2D eigenvalue weighted by molar-refractivity contribution is 0.161. The van der Waals surface area contributed by atoms with Gasteiger partial charge in [0.1, 0.15) is 5.82 Å². The van der Waals surface area contributed by atoms with Crippen molar-refractivity contribution in [2.75, 3.05) is 37.8 Å². The van der Waals surface area contributed by atoms with Crippen molar-refractivity contribution in [2.45, 2.75) is 25.8 Å². The van der Waals surface area contributed by atoms with Gasteiger partial charge in [-0.2, -0.15) is 5.10 Å². The fraction of sp³-hybridized carbons (Fsp3) is 0.750. The van der Waals surface area contributed by atoms with Crippen molar-refractivity contribution in [3.8, 4) is 0 Å². The molecule has 0 amide bonds. The Labute approximate surface area is 119 Å². The molecule has 2 N–H and O–H groups in total. The molecule has 1 aliphatic rings. The standard InChI is InChI=1S/C12H22N4O3S/c1-2-19-9-10-20(17,18)15-6-3-11(4-7-15)16-8-5-12(13)14-16/h5,8,11H,2-4,6-7,9-10H2,1H3,(H2,13,14). The molecule has 0 bridgehead atoms. The molecule has 2 heterocycles. The first-order valence-electron chi connectivity index (χ1n) is 6.89. The van der Waals surface area contributed by atoms with E-state index >= 15 is 0 Å². The molecule has 0 saturated carbocycles. The molecule has 20 heavy (non-hydrogen) atoms. The number of hydrogen-bond acceptors (Lipinski definition) is 5. The third kappa shape index (κ3) is 3.71. The van der Waals surface area contributed by atoms with Gasteiger partial charge in [-0.15, -0.1) is 0 Å². The Morgan fingerprint density at radius 2 is 2.15 bits per heavy atom. The Kier molecular flexibility index (Phi) is 5.00. The zero-order chi connectivity index (χ0) is 14.6. The van der Waals surface area contributed by atoms with E-state index in [1.807, 2.05) is 17.8 Å². The average molecular weight is 302 g/mol. The second-order valence-corrected chi connectivity index (χ2v) is 6.95. The minimum absolute atomic E-state index is 0.0558. The van der Waals surface area contributed by atoms with Gasteiger partial charge in [0, 0.05) is 25.9 Å². The number of anilines is 1. The van der Waals surface area contributed by atoms with Gasteiger partial charge in [0.15, 0.2) is 0 Å². The highest BCUT2D eigenvalue weighted by Crippen LogP contribution is 2.24. The van der Waals surface area contributed by atoms with E-state index in [-0.39, 0.29) is 18.4 Å². The largest absolute Gasteiger partial charge is 0.382 e. The normalized spacial score (nSPS) is 18.4. The lowest BCUT2D eigenvalue weighted by atomic mass is 10.1. The molecule has 0 aromatic carbocycles. The van der Waals surface area contributed by atoms with Crippen LogP contribution in [0.3, 0.4) is 0 Å². The number of nitrogens with two attached hydrogens (primary N) is 1. The summed E-state index contributed by atoms with van der Waals surface area (Å²) in [6.45, 7) is 3.71. The molecule has 0 spiro atoms. The second-order valence-electron chi connectivity index (χ2n) is 4.86. The van der Waals surface area contributed by atoms with Crippen LogP contribution < -0.4 is 5.73 Å². The minimum Gasteiger partial charge on any atom is -0.382 e. The van der Waals surface area contributed by atoms with Crippen LogP contribution >= 0.6 is 0 Å². The van der Waals surface area contributed by atoms with E-state index in [0.29, 0.717) is 25.5 Å². The highest BCUT2D eigenvalue weighted by molar-refractivity contribution is 7.89. The molecule has 7 nitrogen and oxygen atoms in total. The van der Waals surface area contributed by atoms with E-state index in [1.54, 1.807) is 10.4 Å². The van der Waals surface area contributed by atoms with Gasteiger partial charge in [0.2, 0.25) is 10.0 Å². The molecular weight excluding hydrogens is 280 g/mol. The van der Waals surface area contributed by atoms with Crippen LogP contribution in [-0.2, 0) is 14.8 Å². The molecule has 0 unspecified atom stereocenters. The van der Waals surface area contributed by atoms with Crippen LogP contribution in [0.2, 0.25) is 0 Å². The maximum atomic E-state index is 12.1. The van der Waals surface area contributed by atoms with Crippen molar-refractivity contribution in [3.63, 3.8) is 0 Å². The summed E-state index contributed by atoms with van der Waals surface area (Å²) in [6, 6.07) is 1.98. The summed E-state index contributed by atoms with van der Waals surface area (Å²) in [5, 5.41) is 4.19. The predicted octanol–water partition coefficient (Wildman–Crippen LogP) is 0.469. The van der Waals surface area contributed by atoms with E-state index < -0.39 is 10.0 Å². The Hall–Kier alpha value is -1.12. The zero-order valence-electron chi connectivity index (χ0n) is 11.7. The maximum absolute atomic E-state index is 12.1. The summed E-state index contributed by atoms with van der Waals surface area (Å²) < 4.78 is 32.7. The molecule has 0 aliphatic carbocycles. The minimum atomic E-state index is -3.20. The Balaban J connectivity index is 1.87. The third-order valence-corrected chi connectivity index (χ3v) is 5.34. The van der Waals surface area contributed by atoms with Crippen LogP contribution in [0.25, 0.3) is 0 Å². The van der Waals surface area contributed by atoms with E-state index in [9.17, 15) is 8.42 Å². The van der Waals surface area contributed by atoms with Crippen molar-refractivity contribution < 1.29 is 13.2 Å². The highest BCUT2D eigenvalue weighted by atomic mass is 32.2. The van der Waals surface area contributed by atoms with Crippen molar-refractivity contribution >= 4 is 15.8 Å². The van der Waals surface area contributed by atoms with Gasteiger partial charge in [-0.25, -0.2) is 12.7 Å². The zero-order valence-corrected chi connectivity index (χ0v) is 12.6. The van der Waals surface area contributed by atoms with Gasteiger partial charge in [-0.1, -0.05) is 0 Å². The number of aromatic nitrogens is 2. The third-order valence-electron chi connectivity index (χ3n) is 3.51. The summed E-state index contributed by atoms with van der Waals surface area (Å²) >= 11 is 0. The van der Waals surface area contributed by atoms with Crippen LogP contribution in [0.4, 0.5) is 5.82 Å². The molecule has 0 radical (unpaired) electrons. The molecule has 1 aromatic rings. The lowest BCUT2D eigenvalue weighted by Crippen LogP contribution is -2.41. The average Bonchev–Trinajstić information content (AvgIpc) is 2.86. The molecule has 114 valence electrons. The molecule has 1 saturated heterocycles. The van der Waals surface area contributed by atoms with Crippen LogP contribution in [0, 0.1) is 0 Å². The smallest absolute Gasteiger partial charge is 0.216 e. The SMILES string of the molecule is CCOCCS(=O)(=O)N1CCC(n2ccc(N)n2)CC1. The topological polar surface area (TPSA) is 90.5 Å². The van der Waals surface area contributed by atoms with Crippen molar-refractivity contribution in [2.24, 2.45) is 0 Å². The van der Waals surface area contributed by atoms with Gasteiger partial charge in [-0.05, 0) is 25.8 Å². The van der Waals surface area contributed by atoms with Crippen LogP contribution in [0.15, 0.2) is 12.3 Å². The highest BCUT2D eigenvalue weighted by Gasteiger charge is 2.28. The first kappa shape index (κ1) is 15.3. The molecule has 1 aromatic heterocycles. The van der Waals surface area contributed by atoms with E-state index in [0.717, 1.165) is 12.8 Å². The predicted molar refractivity (Wildman–Crippen MR) is 76.8 cm³/mol. The quantitative estimate of drug-likeness (QED) is 0.771. The first-order chi connectivity index (χ1) is 9.53. The number of piperidine rings is 1. The number of hydrogen-bond donors (Lipinski definition) is 1. The summed E-state index contributed by atoms with van der Waals surface area (Å²) in [7, 11) is -3.20. The molecule has 1 aliphatic heterocycles. The Morgan fingerprint density at radius 1 is 1.45 bits per heavy atom. The summed E-state index contributed by atoms with van der Waals surface area (Å²) in [5.74, 6) is 0.553. The van der Waals surface area contributed by atoms with Gasteiger partial charge < -0.3 is 10.5 Å². The summed E-state index contributed by atoms with van der Waals surface area (Å²) in [5.41, 5.74) is 5.60. The number of sulfonamides is 1. The Bertz CT molecular complexity index is 521. The fourth-order valence-electron chi connectivity index (χ4n) is 2.38. The van der Waals surface area contributed by atoms with E-state index in [2.05, 4.69) is 5.10 Å². The molecular formula is C12H22N4O3S. The maximum Gasteiger partial charge on any atom is 0.216 e. The van der Waals surface area contributed by atoms with Crippen LogP contribution in [0.1, 0.15) is 25.8 Å². The molecule has 1 fully saturated rings. The van der Waals surface area contributed by atoms with E-state index in [4.69, 9.17) is 10.5 Å². The van der Waals surface area contributed by atoms with Gasteiger partial charge >= 0.3 is 0 Å². The van der Waals surface area contributed by atoms with Crippen molar-refractivity contribution in [1.29, 1.82) is 0 Å². The molecule has 8 heteroatoms. The van der Waals surface area contributed by atoms with Crippen molar-refractivity contribution in [3.05, 3.63) is 12.3 Å². The monoisotopic (exact) mass is 302 g/mol.